The van der Waals surface area contributed by atoms with E-state index < -0.39 is 47.8 Å². The quantitative estimate of drug-likeness (QED) is 0.0285. The zero-order valence-corrected chi connectivity index (χ0v) is 47.8. The monoisotopic (exact) mass is 1130 g/mol. The zero-order valence-electron chi connectivity index (χ0n) is 47.8. The molecular weight excluding hydrogens is 1050 g/mol. The lowest BCUT2D eigenvalue weighted by Gasteiger charge is -2.30. The Labute approximate surface area is 489 Å². The molecule has 2 fully saturated rings. The SMILES string of the molecule is CCc1nc2cc3ccccc3cc2cc1C(=O)NC(CC=CC[C@H](NC(=O)c1cc2cc3ccccc3cc2nc1CC)C(=O)N1CCC[C@H]1C(=O)N[C@H](CN)Cc1ccccc1)C(=O)N1CCC[C@H]1C(=O)N[C@H](CN)Cc1ccccc1. The minimum Gasteiger partial charge on any atom is -0.350 e. The van der Waals surface area contributed by atoms with Gasteiger partial charge in [-0.15, -0.1) is 0 Å². The van der Waals surface area contributed by atoms with Crippen molar-refractivity contribution in [1.29, 1.82) is 0 Å². The first-order chi connectivity index (χ1) is 40.9. The van der Waals surface area contributed by atoms with Crippen molar-refractivity contribution < 1.29 is 28.8 Å². The average Bonchev–Trinajstić information content (AvgIpc) is 4.07. The van der Waals surface area contributed by atoms with Crippen LogP contribution in [0.5, 0.6) is 0 Å². The van der Waals surface area contributed by atoms with Crippen LogP contribution in [0.15, 0.2) is 158 Å². The highest BCUT2D eigenvalue weighted by Gasteiger charge is 2.40. The van der Waals surface area contributed by atoms with Crippen molar-refractivity contribution in [1.82, 2.24) is 41.0 Å². The van der Waals surface area contributed by atoms with E-state index in [4.69, 9.17) is 21.4 Å². The summed E-state index contributed by atoms with van der Waals surface area (Å²) >= 11 is 0. The van der Waals surface area contributed by atoms with Gasteiger partial charge in [-0.25, -0.2) is 0 Å². The van der Waals surface area contributed by atoms with Gasteiger partial charge in [0.1, 0.15) is 24.2 Å². The third kappa shape index (κ3) is 13.5. The molecule has 6 amide bonds. The van der Waals surface area contributed by atoms with E-state index in [-0.39, 0.29) is 62.9 Å². The van der Waals surface area contributed by atoms with Gasteiger partial charge in [0, 0.05) is 49.0 Å². The number of hydrogen-bond acceptors (Lipinski definition) is 10. The minimum atomic E-state index is -1.16. The number of likely N-dealkylation sites (tertiary alicyclic amines) is 2. The molecule has 0 bridgehead atoms. The summed E-state index contributed by atoms with van der Waals surface area (Å²) in [5.41, 5.74) is 17.7. The molecule has 6 atom stereocenters. The van der Waals surface area contributed by atoms with Crippen molar-refractivity contribution >= 4 is 78.8 Å². The van der Waals surface area contributed by atoms with Crippen LogP contribution in [0, 0.1) is 0 Å². The van der Waals surface area contributed by atoms with Gasteiger partial charge >= 0.3 is 0 Å². The summed E-state index contributed by atoms with van der Waals surface area (Å²) < 4.78 is 0. The largest absolute Gasteiger partial charge is 0.350 e. The predicted octanol–water partition coefficient (Wildman–Crippen LogP) is 7.80. The first kappa shape index (κ1) is 58.3. The summed E-state index contributed by atoms with van der Waals surface area (Å²) in [6.45, 7) is 4.80. The van der Waals surface area contributed by atoms with Gasteiger partial charge in [-0.1, -0.05) is 135 Å². The van der Waals surface area contributed by atoms with Crippen LogP contribution in [0.4, 0.5) is 0 Å². The summed E-state index contributed by atoms with van der Waals surface area (Å²) in [7, 11) is 0. The van der Waals surface area contributed by atoms with Crippen LogP contribution in [0.25, 0.3) is 43.4 Å². The Morgan fingerprint density at radius 2 is 0.869 bits per heavy atom. The van der Waals surface area contributed by atoms with Crippen molar-refractivity contribution in [2.75, 3.05) is 26.2 Å². The molecule has 4 heterocycles. The van der Waals surface area contributed by atoms with Crippen LogP contribution in [0.1, 0.15) is 95.6 Å². The summed E-state index contributed by atoms with van der Waals surface area (Å²) in [6, 6.07) is 42.3. The highest BCUT2D eigenvalue weighted by molar-refractivity contribution is 6.05. The van der Waals surface area contributed by atoms with E-state index in [9.17, 15) is 19.2 Å². The fourth-order valence-electron chi connectivity index (χ4n) is 11.9. The van der Waals surface area contributed by atoms with Crippen molar-refractivity contribution in [3.8, 4) is 0 Å². The van der Waals surface area contributed by atoms with Gasteiger partial charge in [0.2, 0.25) is 23.6 Å². The second kappa shape index (κ2) is 27.0. The molecule has 0 radical (unpaired) electrons. The third-order valence-corrected chi connectivity index (χ3v) is 16.4. The number of pyridine rings is 2. The van der Waals surface area contributed by atoms with Crippen LogP contribution in [-0.4, -0.2) is 118 Å². The van der Waals surface area contributed by atoms with Gasteiger partial charge in [0.15, 0.2) is 0 Å². The number of aromatic nitrogens is 2. The topological polar surface area (TPSA) is 235 Å². The Bertz CT molecular complexity index is 3500. The number of fused-ring (bicyclic) bond motifs is 4. The van der Waals surface area contributed by atoms with E-state index in [1.807, 2.05) is 159 Å². The Hall–Kier alpha value is -8.86. The number of rotatable bonds is 22. The van der Waals surface area contributed by atoms with Gasteiger partial charge < -0.3 is 42.5 Å². The molecule has 2 aliphatic heterocycles. The number of nitrogens with zero attached hydrogens (tertiary/aromatic N) is 4. The summed E-state index contributed by atoms with van der Waals surface area (Å²) in [6.07, 6.45) is 7.26. The minimum absolute atomic E-state index is 0.0318. The summed E-state index contributed by atoms with van der Waals surface area (Å²) in [5.74, 6) is -2.56. The Kier molecular flexibility index (Phi) is 18.8. The number of carbonyl (C=O) groups is 6. The van der Waals surface area contributed by atoms with Crippen LogP contribution >= 0.6 is 0 Å². The molecule has 432 valence electrons. The Balaban J connectivity index is 0.940. The molecule has 10 rings (SSSR count). The highest BCUT2D eigenvalue weighted by Crippen LogP contribution is 2.28. The molecule has 2 aromatic heterocycles. The lowest BCUT2D eigenvalue weighted by molar-refractivity contribution is -0.140. The van der Waals surface area contributed by atoms with Crippen molar-refractivity contribution in [3.05, 3.63) is 191 Å². The Morgan fingerprint density at radius 1 is 0.500 bits per heavy atom. The number of nitrogens with one attached hydrogen (secondary N) is 4. The van der Waals surface area contributed by atoms with E-state index in [0.717, 1.165) is 54.5 Å². The maximum atomic E-state index is 15.1. The van der Waals surface area contributed by atoms with Crippen LogP contribution in [0.2, 0.25) is 0 Å². The second-order valence-corrected chi connectivity index (χ2v) is 22.1. The molecule has 16 heteroatoms. The fraction of sp³-hybridized carbons (Fsp3) is 0.324. The van der Waals surface area contributed by atoms with E-state index in [2.05, 4.69) is 21.3 Å². The van der Waals surface area contributed by atoms with Gasteiger partial charge in [-0.2, -0.15) is 0 Å². The molecule has 0 saturated carbocycles. The Morgan fingerprint density at radius 3 is 1.24 bits per heavy atom. The number of benzene rings is 6. The number of amides is 6. The lowest BCUT2D eigenvalue weighted by atomic mass is 10.0. The molecule has 6 aromatic carbocycles. The highest BCUT2D eigenvalue weighted by atomic mass is 16.2. The van der Waals surface area contributed by atoms with Crippen LogP contribution in [-0.2, 0) is 44.9 Å². The standard InChI is InChI=1S/C68H74N10O6/c1-3-55-53(37-49-35-45-23-11-13-25-47(45)39-59(49)73-55)63(79)75-57(67(83)77-31-17-29-61(77)65(81)71-51(41-69)33-43-19-7-5-8-20-43)27-15-16-28-58(68(84)78-32-18-30-62(78)66(82)72-52(42-70)34-44-21-9-6-10-22-44)76-64(80)54-38-50-36-46-24-12-14-26-48(46)40-60(50)74-56(54)4-2/h5-16,19-26,35-40,51-52,57-58,61-62H,3-4,17-18,27-34,41-42,69-70H2,1-2H3,(H,71,81)(H,72,82)(H,75,79)(H,76,80)/t51-,52-,57-,58?,61-,62-/m0/s1. The van der Waals surface area contributed by atoms with Gasteiger partial charge in [-0.05, 0) is 133 Å². The summed E-state index contributed by atoms with van der Waals surface area (Å²) in [5, 5.41) is 17.9. The smallest absolute Gasteiger partial charge is 0.253 e. The van der Waals surface area contributed by atoms with Crippen LogP contribution < -0.4 is 32.7 Å². The number of hydrogen-bond donors (Lipinski definition) is 6. The number of carbonyl (C=O) groups excluding carboxylic acids is 6. The average molecular weight is 1130 g/mol. The van der Waals surface area contributed by atoms with E-state index >= 15 is 9.59 Å². The molecule has 2 saturated heterocycles. The van der Waals surface area contributed by atoms with Gasteiger partial charge in [-0.3, -0.25) is 38.7 Å². The molecular formula is C68H74N10O6. The molecule has 0 spiro atoms. The van der Waals surface area contributed by atoms with Gasteiger partial charge in [0.25, 0.3) is 11.8 Å². The zero-order chi connectivity index (χ0) is 58.7. The van der Waals surface area contributed by atoms with Crippen molar-refractivity contribution in [3.63, 3.8) is 0 Å². The number of aryl methyl sites for hydroxylation is 2. The molecule has 8 aromatic rings. The summed E-state index contributed by atoms with van der Waals surface area (Å²) in [4.78, 5) is 101. The second-order valence-electron chi connectivity index (χ2n) is 22.1. The van der Waals surface area contributed by atoms with Crippen molar-refractivity contribution in [2.45, 2.75) is 114 Å². The molecule has 8 N–H and O–H groups in total. The first-order valence-electron chi connectivity index (χ1n) is 29.5. The lowest BCUT2D eigenvalue weighted by Crippen LogP contribution is -2.55. The molecule has 2 aliphatic rings. The fourth-order valence-corrected chi connectivity index (χ4v) is 11.9. The molecule has 84 heavy (non-hydrogen) atoms. The van der Waals surface area contributed by atoms with E-state index in [1.165, 1.54) is 0 Å². The van der Waals surface area contributed by atoms with Crippen LogP contribution in [0.3, 0.4) is 0 Å². The van der Waals surface area contributed by atoms with Crippen molar-refractivity contribution in [2.24, 2.45) is 11.5 Å². The van der Waals surface area contributed by atoms with E-state index in [0.29, 0.717) is 73.9 Å². The van der Waals surface area contributed by atoms with E-state index in [1.54, 1.807) is 22.0 Å². The normalized spacial score (nSPS) is 16.7. The molecule has 16 nitrogen and oxygen atoms in total. The molecule has 1 unspecified atom stereocenters. The first-order valence-corrected chi connectivity index (χ1v) is 29.5. The maximum Gasteiger partial charge on any atom is 0.253 e. The molecule has 0 aliphatic carbocycles. The maximum absolute atomic E-state index is 15.1. The van der Waals surface area contributed by atoms with Gasteiger partial charge in [0.05, 0.1) is 33.5 Å². The third-order valence-electron chi connectivity index (χ3n) is 16.4. The number of nitrogens with two attached hydrogens (primary N) is 2. The predicted molar refractivity (Wildman–Crippen MR) is 330 cm³/mol.